The van der Waals surface area contributed by atoms with Crippen LogP contribution in [0.3, 0.4) is 0 Å². The number of H-pyrrole nitrogens is 1. The Kier molecular flexibility index (Phi) is 2.31. The molecule has 2 rings (SSSR count). The molecule has 4 heteroatoms. The molecule has 0 aliphatic rings. The van der Waals surface area contributed by atoms with Gasteiger partial charge in [-0.2, -0.15) is 0 Å². The SMILES string of the molecule is S=c1[nH]ccn1CCn1cccc1. The van der Waals surface area contributed by atoms with Gasteiger partial charge >= 0.3 is 0 Å². The van der Waals surface area contributed by atoms with Gasteiger partial charge in [0.05, 0.1) is 0 Å². The number of nitrogens with one attached hydrogen (secondary N) is 1. The van der Waals surface area contributed by atoms with Crippen LogP contribution in [0, 0.1) is 4.77 Å². The van der Waals surface area contributed by atoms with Crippen molar-refractivity contribution in [2.75, 3.05) is 0 Å². The average Bonchev–Trinajstić information content (AvgIpc) is 2.72. The summed E-state index contributed by atoms with van der Waals surface area (Å²) in [7, 11) is 0. The number of hydrogen-bond acceptors (Lipinski definition) is 1. The van der Waals surface area contributed by atoms with E-state index in [1.54, 1.807) is 0 Å². The summed E-state index contributed by atoms with van der Waals surface area (Å²) in [6.07, 6.45) is 7.93. The summed E-state index contributed by atoms with van der Waals surface area (Å²) in [6.45, 7) is 1.87. The van der Waals surface area contributed by atoms with Crippen LogP contribution in [0.2, 0.25) is 0 Å². The maximum absolute atomic E-state index is 5.08. The highest BCUT2D eigenvalue weighted by molar-refractivity contribution is 7.71. The number of imidazole rings is 1. The summed E-state index contributed by atoms with van der Waals surface area (Å²) in [6, 6.07) is 4.05. The van der Waals surface area contributed by atoms with Crippen molar-refractivity contribution >= 4 is 12.2 Å². The van der Waals surface area contributed by atoms with Crippen LogP contribution in [0.5, 0.6) is 0 Å². The molecule has 0 unspecified atom stereocenters. The molecule has 0 amide bonds. The van der Waals surface area contributed by atoms with E-state index in [2.05, 4.69) is 21.9 Å². The minimum atomic E-state index is 0.784. The number of hydrogen-bond donors (Lipinski definition) is 1. The molecule has 1 N–H and O–H groups in total. The van der Waals surface area contributed by atoms with E-state index in [-0.39, 0.29) is 0 Å². The minimum Gasteiger partial charge on any atom is -0.352 e. The predicted molar refractivity (Wildman–Crippen MR) is 54.0 cm³/mol. The molecule has 0 spiro atoms. The maximum atomic E-state index is 5.08. The lowest BCUT2D eigenvalue weighted by Gasteiger charge is -2.03. The van der Waals surface area contributed by atoms with Gasteiger partial charge in [0.15, 0.2) is 4.77 Å². The number of aromatic amines is 1. The van der Waals surface area contributed by atoms with Crippen LogP contribution in [-0.4, -0.2) is 14.1 Å². The van der Waals surface area contributed by atoms with Crippen LogP contribution < -0.4 is 0 Å². The second-order valence-electron chi connectivity index (χ2n) is 2.88. The van der Waals surface area contributed by atoms with E-state index in [1.807, 2.05) is 29.1 Å². The van der Waals surface area contributed by atoms with Gasteiger partial charge in [-0.1, -0.05) is 0 Å². The van der Waals surface area contributed by atoms with E-state index < -0.39 is 0 Å². The fraction of sp³-hybridized carbons (Fsp3) is 0.222. The third-order valence-corrected chi connectivity index (χ3v) is 2.34. The van der Waals surface area contributed by atoms with Crippen molar-refractivity contribution in [1.29, 1.82) is 0 Å². The van der Waals surface area contributed by atoms with Gasteiger partial charge in [0.25, 0.3) is 0 Å². The monoisotopic (exact) mass is 193 g/mol. The van der Waals surface area contributed by atoms with E-state index >= 15 is 0 Å². The first-order chi connectivity index (χ1) is 6.36. The summed E-state index contributed by atoms with van der Waals surface area (Å²) in [5.41, 5.74) is 0. The minimum absolute atomic E-state index is 0.784. The summed E-state index contributed by atoms with van der Waals surface area (Å²) in [5, 5.41) is 0. The Labute approximate surface area is 81.6 Å². The molecular formula is C9H11N3S. The molecule has 0 aliphatic heterocycles. The van der Waals surface area contributed by atoms with Gasteiger partial charge in [0.1, 0.15) is 0 Å². The zero-order valence-corrected chi connectivity index (χ0v) is 8.00. The molecule has 0 aromatic carbocycles. The van der Waals surface area contributed by atoms with Gasteiger partial charge in [0, 0.05) is 37.9 Å². The van der Waals surface area contributed by atoms with E-state index in [1.165, 1.54) is 0 Å². The molecule has 13 heavy (non-hydrogen) atoms. The number of aromatic nitrogens is 3. The van der Waals surface area contributed by atoms with Gasteiger partial charge in [0.2, 0.25) is 0 Å². The smallest absolute Gasteiger partial charge is 0.177 e. The standard InChI is InChI=1S/C9H11N3S/c13-9-10-3-6-12(9)8-7-11-4-1-2-5-11/h1-6H,7-8H2,(H,10,13). The van der Waals surface area contributed by atoms with Gasteiger partial charge in [-0.25, -0.2) is 0 Å². The normalized spacial score (nSPS) is 10.5. The lowest BCUT2D eigenvalue weighted by Crippen LogP contribution is -2.04. The highest BCUT2D eigenvalue weighted by atomic mass is 32.1. The summed E-state index contributed by atoms with van der Waals surface area (Å²) < 4.78 is 4.94. The lowest BCUT2D eigenvalue weighted by atomic mass is 10.6. The van der Waals surface area contributed by atoms with Gasteiger partial charge in [-0.3, -0.25) is 0 Å². The summed E-state index contributed by atoms with van der Waals surface area (Å²) >= 11 is 5.08. The van der Waals surface area contributed by atoms with Crippen LogP contribution in [0.25, 0.3) is 0 Å². The maximum Gasteiger partial charge on any atom is 0.177 e. The Morgan fingerprint density at radius 1 is 1.15 bits per heavy atom. The van der Waals surface area contributed by atoms with E-state index in [0.717, 1.165) is 17.9 Å². The van der Waals surface area contributed by atoms with Crippen molar-refractivity contribution < 1.29 is 0 Å². The molecule has 0 aliphatic carbocycles. The first-order valence-electron chi connectivity index (χ1n) is 4.21. The second kappa shape index (κ2) is 3.62. The molecule has 0 bridgehead atoms. The molecular weight excluding hydrogens is 182 g/mol. The fourth-order valence-corrected chi connectivity index (χ4v) is 1.49. The Balaban J connectivity index is 2.01. The first kappa shape index (κ1) is 8.31. The Morgan fingerprint density at radius 2 is 1.92 bits per heavy atom. The number of rotatable bonds is 3. The third kappa shape index (κ3) is 1.89. The molecule has 0 radical (unpaired) electrons. The molecule has 0 atom stereocenters. The van der Waals surface area contributed by atoms with Gasteiger partial charge in [-0.15, -0.1) is 0 Å². The zero-order valence-electron chi connectivity index (χ0n) is 7.18. The molecule has 68 valence electrons. The largest absolute Gasteiger partial charge is 0.352 e. The Bertz CT molecular complexity index is 410. The van der Waals surface area contributed by atoms with Crippen LogP contribution in [-0.2, 0) is 13.1 Å². The quantitative estimate of drug-likeness (QED) is 0.742. The molecule has 0 saturated carbocycles. The second-order valence-corrected chi connectivity index (χ2v) is 3.27. The number of aryl methyl sites for hydroxylation is 2. The summed E-state index contributed by atoms with van der Waals surface area (Å²) in [4.78, 5) is 2.97. The predicted octanol–water partition coefficient (Wildman–Crippen LogP) is 2.05. The fourth-order valence-electron chi connectivity index (χ4n) is 1.27. The molecule has 0 saturated heterocycles. The van der Waals surface area contributed by atoms with Crippen molar-refractivity contribution in [2.24, 2.45) is 0 Å². The Hall–Kier alpha value is -1.29. The first-order valence-corrected chi connectivity index (χ1v) is 4.62. The van der Waals surface area contributed by atoms with Gasteiger partial charge in [-0.05, 0) is 24.4 Å². The van der Waals surface area contributed by atoms with Crippen molar-refractivity contribution in [1.82, 2.24) is 14.1 Å². The summed E-state index contributed by atoms with van der Waals surface area (Å²) in [5.74, 6) is 0. The van der Waals surface area contributed by atoms with Gasteiger partial charge < -0.3 is 14.1 Å². The van der Waals surface area contributed by atoms with Crippen LogP contribution in [0.1, 0.15) is 0 Å². The molecule has 2 aromatic heterocycles. The Morgan fingerprint density at radius 3 is 2.54 bits per heavy atom. The topological polar surface area (TPSA) is 25.6 Å². The lowest BCUT2D eigenvalue weighted by molar-refractivity contribution is 0.576. The van der Waals surface area contributed by atoms with E-state index in [0.29, 0.717) is 0 Å². The van der Waals surface area contributed by atoms with Crippen molar-refractivity contribution in [2.45, 2.75) is 13.1 Å². The highest BCUT2D eigenvalue weighted by Gasteiger charge is 1.92. The van der Waals surface area contributed by atoms with Crippen LogP contribution in [0.4, 0.5) is 0 Å². The van der Waals surface area contributed by atoms with Crippen LogP contribution in [0.15, 0.2) is 36.9 Å². The van der Waals surface area contributed by atoms with Crippen molar-refractivity contribution in [3.05, 3.63) is 41.7 Å². The molecule has 0 fully saturated rings. The molecule has 2 aromatic rings. The van der Waals surface area contributed by atoms with E-state index in [9.17, 15) is 0 Å². The van der Waals surface area contributed by atoms with Crippen molar-refractivity contribution in [3.63, 3.8) is 0 Å². The highest BCUT2D eigenvalue weighted by Crippen LogP contribution is 1.95. The van der Waals surface area contributed by atoms with E-state index in [4.69, 9.17) is 12.2 Å². The number of nitrogens with zero attached hydrogens (tertiary/aromatic N) is 2. The molecule has 2 heterocycles. The van der Waals surface area contributed by atoms with Crippen LogP contribution >= 0.6 is 12.2 Å². The zero-order chi connectivity index (χ0) is 9.10. The molecule has 3 nitrogen and oxygen atoms in total. The third-order valence-electron chi connectivity index (χ3n) is 1.99. The van der Waals surface area contributed by atoms with Crippen molar-refractivity contribution in [3.8, 4) is 0 Å². The average molecular weight is 193 g/mol.